The van der Waals surface area contributed by atoms with Crippen molar-refractivity contribution in [2.75, 3.05) is 38.3 Å². The molecule has 1 aromatic carbocycles. The van der Waals surface area contributed by atoms with E-state index in [1.165, 1.54) is 5.56 Å². The standard InChI is InChI=1S/C18H24N2O3/c1-22-14-2-3-15-16(12-14)20(13-4-8-19-9-5-13)17(21)18(15)6-10-23-11-7-18/h2-3,12-13,19H,4-11H2,1H3. The molecule has 0 aliphatic carbocycles. The van der Waals surface area contributed by atoms with E-state index in [1.807, 2.05) is 12.1 Å². The minimum Gasteiger partial charge on any atom is -0.497 e. The third-order valence-corrected chi connectivity index (χ3v) is 5.63. The lowest BCUT2D eigenvalue weighted by Gasteiger charge is -2.36. The number of amides is 1. The summed E-state index contributed by atoms with van der Waals surface area (Å²) in [4.78, 5) is 15.5. The van der Waals surface area contributed by atoms with Crippen molar-refractivity contribution in [1.82, 2.24) is 5.32 Å². The fourth-order valence-corrected chi connectivity index (χ4v) is 4.33. The molecule has 2 fully saturated rings. The van der Waals surface area contributed by atoms with E-state index in [9.17, 15) is 4.79 Å². The van der Waals surface area contributed by atoms with E-state index in [4.69, 9.17) is 9.47 Å². The van der Waals surface area contributed by atoms with E-state index in [0.717, 1.165) is 50.2 Å². The third-order valence-electron chi connectivity index (χ3n) is 5.63. The van der Waals surface area contributed by atoms with Crippen molar-refractivity contribution in [2.24, 2.45) is 0 Å². The molecule has 5 heteroatoms. The third kappa shape index (κ3) is 2.25. The molecule has 3 aliphatic heterocycles. The first-order valence-corrected chi connectivity index (χ1v) is 8.57. The average molecular weight is 316 g/mol. The van der Waals surface area contributed by atoms with Crippen molar-refractivity contribution >= 4 is 11.6 Å². The molecule has 0 unspecified atom stereocenters. The first-order valence-electron chi connectivity index (χ1n) is 8.57. The van der Waals surface area contributed by atoms with Gasteiger partial charge in [0.05, 0.1) is 18.2 Å². The zero-order valence-electron chi connectivity index (χ0n) is 13.6. The highest BCUT2D eigenvalue weighted by molar-refractivity contribution is 6.08. The Labute approximate surface area is 136 Å². The Balaban J connectivity index is 1.80. The maximum atomic E-state index is 13.4. The molecule has 5 nitrogen and oxygen atoms in total. The predicted molar refractivity (Wildman–Crippen MR) is 88.1 cm³/mol. The molecule has 1 amide bonds. The Hall–Kier alpha value is -1.59. The van der Waals surface area contributed by atoms with Crippen LogP contribution in [0.15, 0.2) is 18.2 Å². The van der Waals surface area contributed by atoms with Gasteiger partial charge in [0.1, 0.15) is 5.75 Å². The van der Waals surface area contributed by atoms with Crippen molar-refractivity contribution < 1.29 is 14.3 Å². The highest BCUT2D eigenvalue weighted by Gasteiger charge is 2.53. The van der Waals surface area contributed by atoms with Crippen molar-refractivity contribution in [3.05, 3.63) is 23.8 Å². The van der Waals surface area contributed by atoms with Gasteiger partial charge in [0, 0.05) is 25.3 Å². The van der Waals surface area contributed by atoms with Gasteiger partial charge in [-0.05, 0) is 50.4 Å². The Morgan fingerprint density at radius 3 is 2.70 bits per heavy atom. The fourth-order valence-electron chi connectivity index (χ4n) is 4.33. The quantitative estimate of drug-likeness (QED) is 0.904. The van der Waals surface area contributed by atoms with Gasteiger partial charge in [0.2, 0.25) is 5.91 Å². The monoisotopic (exact) mass is 316 g/mol. The van der Waals surface area contributed by atoms with Crippen LogP contribution in [0.1, 0.15) is 31.2 Å². The van der Waals surface area contributed by atoms with Crippen molar-refractivity contribution in [2.45, 2.75) is 37.1 Å². The molecule has 0 atom stereocenters. The number of anilines is 1. The summed E-state index contributed by atoms with van der Waals surface area (Å²) in [7, 11) is 1.68. The van der Waals surface area contributed by atoms with E-state index in [2.05, 4.69) is 16.3 Å². The summed E-state index contributed by atoms with van der Waals surface area (Å²) in [5, 5.41) is 3.39. The number of nitrogens with one attached hydrogen (secondary N) is 1. The largest absolute Gasteiger partial charge is 0.497 e. The van der Waals surface area contributed by atoms with Crippen LogP contribution in [0.3, 0.4) is 0 Å². The topological polar surface area (TPSA) is 50.8 Å². The van der Waals surface area contributed by atoms with Gasteiger partial charge in [-0.1, -0.05) is 6.07 Å². The molecule has 1 spiro atoms. The van der Waals surface area contributed by atoms with E-state index in [0.29, 0.717) is 13.2 Å². The molecule has 0 saturated carbocycles. The van der Waals surface area contributed by atoms with Crippen LogP contribution in [0.4, 0.5) is 5.69 Å². The maximum absolute atomic E-state index is 13.4. The summed E-state index contributed by atoms with van der Waals surface area (Å²) in [5.74, 6) is 1.09. The highest BCUT2D eigenvalue weighted by atomic mass is 16.5. The number of methoxy groups -OCH3 is 1. The second-order valence-corrected chi connectivity index (χ2v) is 6.73. The lowest BCUT2D eigenvalue weighted by atomic mass is 9.75. The Morgan fingerprint density at radius 1 is 1.26 bits per heavy atom. The van der Waals surface area contributed by atoms with E-state index >= 15 is 0 Å². The molecule has 0 bridgehead atoms. The van der Waals surface area contributed by atoms with Crippen molar-refractivity contribution in [1.29, 1.82) is 0 Å². The van der Waals surface area contributed by atoms with Crippen LogP contribution in [-0.4, -0.2) is 45.4 Å². The molecule has 0 aromatic heterocycles. The summed E-state index contributed by atoms with van der Waals surface area (Å²) >= 11 is 0. The minimum absolute atomic E-state index is 0.274. The summed E-state index contributed by atoms with van der Waals surface area (Å²) < 4.78 is 11.0. The number of hydrogen-bond acceptors (Lipinski definition) is 4. The first kappa shape index (κ1) is 15.0. The van der Waals surface area contributed by atoms with Crippen LogP contribution in [0.5, 0.6) is 5.75 Å². The molecule has 0 radical (unpaired) electrons. The van der Waals surface area contributed by atoms with Crippen LogP contribution in [-0.2, 0) is 14.9 Å². The Kier molecular flexibility index (Phi) is 3.77. The van der Waals surface area contributed by atoms with Gasteiger partial charge in [-0.2, -0.15) is 0 Å². The normalized spacial score (nSPS) is 24.0. The van der Waals surface area contributed by atoms with Gasteiger partial charge in [-0.15, -0.1) is 0 Å². The van der Waals surface area contributed by atoms with Crippen LogP contribution >= 0.6 is 0 Å². The van der Waals surface area contributed by atoms with E-state index in [-0.39, 0.29) is 17.4 Å². The second-order valence-electron chi connectivity index (χ2n) is 6.73. The molecule has 4 rings (SSSR count). The molecule has 124 valence electrons. The zero-order chi connectivity index (χ0) is 15.9. The number of hydrogen-bond donors (Lipinski definition) is 1. The van der Waals surface area contributed by atoms with Gasteiger partial charge in [0.25, 0.3) is 0 Å². The van der Waals surface area contributed by atoms with Gasteiger partial charge in [-0.25, -0.2) is 0 Å². The minimum atomic E-state index is -0.384. The SMILES string of the molecule is COc1ccc2c(c1)N(C1CCNCC1)C(=O)C21CCOCC1. The number of fused-ring (bicyclic) bond motifs is 2. The molecular weight excluding hydrogens is 292 g/mol. The van der Waals surface area contributed by atoms with Crippen LogP contribution in [0.2, 0.25) is 0 Å². The lowest BCUT2D eigenvalue weighted by Crippen LogP contribution is -2.50. The van der Waals surface area contributed by atoms with Crippen LogP contribution in [0, 0.1) is 0 Å². The van der Waals surface area contributed by atoms with Gasteiger partial charge in [0.15, 0.2) is 0 Å². The summed E-state index contributed by atoms with van der Waals surface area (Å²) in [6.45, 7) is 3.28. The molecule has 2 saturated heterocycles. The second kappa shape index (κ2) is 5.80. The number of ether oxygens (including phenoxy) is 2. The number of rotatable bonds is 2. The van der Waals surface area contributed by atoms with Crippen LogP contribution < -0.4 is 15.0 Å². The zero-order valence-corrected chi connectivity index (χ0v) is 13.6. The van der Waals surface area contributed by atoms with Gasteiger partial charge in [-0.3, -0.25) is 4.79 Å². The average Bonchev–Trinajstić information content (AvgIpc) is 2.84. The Morgan fingerprint density at radius 2 is 2.00 bits per heavy atom. The summed E-state index contributed by atoms with van der Waals surface area (Å²) in [6, 6.07) is 6.41. The number of carbonyl (C=O) groups is 1. The first-order chi connectivity index (χ1) is 11.3. The van der Waals surface area contributed by atoms with E-state index in [1.54, 1.807) is 7.11 Å². The molecule has 3 heterocycles. The molecule has 1 aromatic rings. The number of piperidine rings is 1. The van der Waals surface area contributed by atoms with Crippen molar-refractivity contribution in [3.8, 4) is 5.75 Å². The number of carbonyl (C=O) groups excluding carboxylic acids is 1. The maximum Gasteiger partial charge on any atom is 0.238 e. The molecule has 1 N–H and O–H groups in total. The molecular formula is C18H24N2O3. The molecule has 3 aliphatic rings. The predicted octanol–water partition coefficient (Wildman–Crippen LogP) is 1.84. The van der Waals surface area contributed by atoms with Gasteiger partial charge < -0.3 is 19.7 Å². The number of benzene rings is 1. The Bertz CT molecular complexity index is 604. The molecule has 23 heavy (non-hydrogen) atoms. The highest BCUT2D eigenvalue weighted by Crippen LogP contribution is 2.50. The van der Waals surface area contributed by atoms with Crippen molar-refractivity contribution in [3.63, 3.8) is 0 Å². The number of nitrogens with zero attached hydrogens (tertiary/aromatic N) is 1. The summed E-state index contributed by atoms with van der Waals surface area (Å²) in [5.41, 5.74) is 1.85. The van der Waals surface area contributed by atoms with Gasteiger partial charge >= 0.3 is 0 Å². The smallest absolute Gasteiger partial charge is 0.238 e. The van der Waals surface area contributed by atoms with Crippen LogP contribution in [0.25, 0.3) is 0 Å². The lowest BCUT2D eigenvalue weighted by molar-refractivity contribution is -0.127. The fraction of sp³-hybridized carbons (Fsp3) is 0.611. The van der Waals surface area contributed by atoms with E-state index < -0.39 is 0 Å². The summed E-state index contributed by atoms with van der Waals surface area (Å²) in [6.07, 6.45) is 3.59.